The molecule has 2 N–H and O–H groups in total. The number of carboxylic acid groups (broad SMARTS) is 1. The molecular weight excluding hydrogens is 485 g/mol. The first-order valence-electron chi connectivity index (χ1n) is 12.5. The van der Waals surface area contributed by atoms with Gasteiger partial charge in [0.25, 0.3) is 0 Å². The van der Waals surface area contributed by atoms with Gasteiger partial charge in [-0.05, 0) is 54.9 Å². The number of nitrogens with one attached hydrogen (secondary N) is 1. The molecular formula is C28H33F3N2O4. The molecule has 0 spiro atoms. The predicted octanol–water partition coefficient (Wildman–Crippen LogP) is 5.43. The van der Waals surface area contributed by atoms with Crippen molar-refractivity contribution < 1.29 is 32.6 Å². The van der Waals surface area contributed by atoms with Crippen LogP contribution in [0.2, 0.25) is 0 Å². The monoisotopic (exact) mass is 518 g/mol. The quantitative estimate of drug-likeness (QED) is 0.512. The lowest BCUT2D eigenvalue weighted by Gasteiger charge is -2.33. The Labute approximate surface area is 214 Å². The maximum atomic E-state index is 13.8. The van der Waals surface area contributed by atoms with E-state index in [1.165, 1.54) is 18.1 Å². The normalized spacial score (nSPS) is 25.3. The molecule has 1 aliphatic carbocycles. The van der Waals surface area contributed by atoms with E-state index < -0.39 is 35.8 Å². The van der Waals surface area contributed by atoms with E-state index in [1.807, 2.05) is 30.3 Å². The number of nitrogens with zero attached hydrogens (tertiary/aromatic N) is 1. The fraction of sp³-hybridized carbons (Fsp3) is 0.500. The molecule has 1 amide bonds. The molecule has 6 nitrogen and oxygen atoms in total. The molecule has 0 aromatic heterocycles. The van der Waals surface area contributed by atoms with Crippen molar-refractivity contribution in [2.24, 2.45) is 11.3 Å². The van der Waals surface area contributed by atoms with E-state index in [-0.39, 0.29) is 30.2 Å². The number of ether oxygens (including phenoxy) is 1. The lowest BCUT2D eigenvalue weighted by atomic mass is 9.90. The highest BCUT2D eigenvalue weighted by molar-refractivity contribution is 5.86. The SMILES string of the molecule is COc1ccc(C(F)(F)F)cc1CNC1CC(C(=O)O)N(C(=O)C2CCC(C)(C)C2)C1c1ccccc1. The van der Waals surface area contributed by atoms with Gasteiger partial charge in [-0.15, -0.1) is 0 Å². The van der Waals surface area contributed by atoms with E-state index in [9.17, 15) is 27.9 Å². The zero-order valence-electron chi connectivity index (χ0n) is 21.2. The van der Waals surface area contributed by atoms with Gasteiger partial charge >= 0.3 is 12.1 Å². The number of alkyl halides is 3. The van der Waals surface area contributed by atoms with Crippen molar-refractivity contribution in [3.63, 3.8) is 0 Å². The number of hydrogen-bond donors (Lipinski definition) is 2. The van der Waals surface area contributed by atoms with E-state index in [0.29, 0.717) is 24.2 Å². The van der Waals surface area contributed by atoms with E-state index in [1.54, 1.807) is 0 Å². The second kappa shape index (κ2) is 10.4. The topological polar surface area (TPSA) is 78.9 Å². The minimum atomic E-state index is -4.51. The van der Waals surface area contributed by atoms with Gasteiger partial charge in [0, 0.05) is 24.1 Å². The molecule has 2 aromatic rings. The fourth-order valence-corrected chi connectivity index (χ4v) is 5.81. The van der Waals surface area contributed by atoms with Crippen LogP contribution in [0, 0.1) is 11.3 Å². The first-order valence-corrected chi connectivity index (χ1v) is 12.5. The number of methoxy groups -OCH3 is 1. The smallest absolute Gasteiger partial charge is 0.416 e. The van der Waals surface area contributed by atoms with Crippen LogP contribution in [0.4, 0.5) is 13.2 Å². The van der Waals surface area contributed by atoms with Crippen molar-refractivity contribution in [3.05, 3.63) is 65.2 Å². The lowest BCUT2D eigenvalue weighted by Crippen LogP contribution is -2.45. The molecule has 0 radical (unpaired) electrons. The molecule has 1 heterocycles. The van der Waals surface area contributed by atoms with Gasteiger partial charge in [0.05, 0.1) is 18.7 Å². The number of amides is 1. The van der Waals surface area contributed by atoms with Crippen LogP contribution >= 0.6 is 0 Å². The molecule has 2 aromatic carbocycles. The van der Waals surface area contributed by atoms with Gasteiger partial charge in [0.15, 0.2) is 0 Å². The van der Waals surface area contributed by atoms with Gasteiger partial charge in [-0.3, -0.25) is 4.79 Å². The average Bonchev–Trinajstić information content (AvgIpc) is 3.42. The third-order valence-electron chi connectivity index (χ3n) is 7.65. The number of carbonyl (C=O) groups excluding carboxylic acids is 1. The molecule has 4 atom stereocenters. The Balaban J connectivity index is 1.66. The third-order valence-corrected chi connectivity index (χ3v) is 7.65. The number of benzene rings is 2. The van der Waals surface area contributed by atoms with Crippen molar-refractivity contribution in [1.29, 1.82) is 0 Å². The number of hydrogen-bond acceptors (Lipinski definition) is 4. The molecule has 2 fully saturated rings. The highest BCUT2D eigenvalue weighted by atomic mass is 19.4. The van der Waals surface area contributed by atoms with Crippen LogP contribution in [0.25, 0.3) is 0 Å². The summed E-state index contributed by atoms with van der Waals surface area (Å²) in [6, 6.07) is 10.4. The summed E-state index contributed by atoms with van der Waals surface area (Å²) in [5.41, 5.74) is 0.308. The highest BCUT2D eigenvalue weighted by Crippen LogP contribution is 2.45. The van der Waals surface area contributed by atoms with Crippen molar-refractivity contribution in [1.82, 2.24) is 10.2 Å². The summed E-state index contributed by atoms with van der Waals surface area (Å²) >= 11 is 0. The van der Waals surface area contributed by atoms with Gasteiger partial charge in [0.2, 0.25) is 5.91 Å². The van der Waals surface area contributed by atoms with Crippen LogP contribution < -0.4 is 10.1 Å². The van der Waals surface area contributed by atoms with Gasteiger partial charge < -0.3 is 20.1 Å². The average molecular weight is 519 g/mol. The van der Waals surface area contributed by atoms with Crippen LogP contribution in [-0.2, 0) is 22.3 Å². The lowest BCUT2D eigenvalue weighted by molar-refractivity contribution is -0.151. The summed E-state index contributed by atoms with van der Waals surface area (Å²) in [4.78, 5) is 27.6. The van der Waals surface area contributed by atoms with Crippen LogP contribution in [-0.4, -0.2) is 41.1 Å². The highest BCUT2D eigenvalue weighted by Gasteiger charge is 2.50. The Morgan fingerprint density at radius 3 is 2.43 bits per heavy atom. The summed E-state index contributed by atoms with van der Waals surface area (Å²) in [5, 5.41) is 13.4. The minimum Gasteiger partial charge on any atom is -0.496 e. The van der Waals surface area contributed by atoms with E-state index in [0.717, 1.165) is 24.1 Å². The second-order valence-electron chi connectivity index (χ2n) is 10.8. The molecule has 1 saturated heterocycles. The summed E-state index contributed by atoms with van der Waals surface area (Å²) in [5.74, 6) is -1.23. The molecule has 4 unspecified atom stereocenters. The largest absolute Gasteiger partial charge is 0.496 e. The summed E-state index contributed by atoms with van der Waals surface area (Å²) in [7, 11) is 1.39. The van der Waals surface area contributed by atoms with Crippen LogP contribution in [0.1, 0.15) is 62.3 Å². The minimum absolute atomic E-state index is 0.0126. The standard InChI is InChI=1S/C28H33F3N2O4/c1-27(2)12-11-18(15-27)25(34)33-22(26(35)36)14-21(24(33)17-7-5-4-6-8-17)32-16-19-13-20(28(29,30)31)9-10-23(19)37-3/h4-10,13,18,21-22,24,32H,11-12,14-16H2,1-3H3,(H,35,36). The van der Waals surface area contributed by atoms with Crippen LogP contribution in [0.15, 0.2) is 48.5 Å². The van der Waals surface area contributed by atoms with Crippen molar-refractivity contribution in [3.8, 4) is 5.75 Å². The Hall–Kier alpha value is -3.07. The predicted molar refractivity (Wildman–Crippen MR) is 132 cm³/mol. The molecule has 9 heteroatoms. The Morgan fingerprint density at radius 2 is 1.86 bits per heavy atom. The molecule has 37 heavy (non-hydrogen) atoms. The number of carbonyl (C=O) groups is 2. The van der Waals surface area contributed by atoms with Gasteiger partial charge in [-0.1, -0.05) is 44.2 Å². The number of rotatable bonds is 7. The molecule has 1 aliphatic heterocycles. The molecule has 4 rings (SSSR count). The van der Waals surface area contributed by atoms with E-state index in [4.69, 9.17) is 4.74 Å². The van der Waals surface area contributed by atoms with Crippen LogP contribution in [0.5, 0.6) is 5.75 Å². The zero-order valence-corrected chi connectivity index (χ0v) is 21.2. The first kappa shape index (κ1) is 27.0. The fourth-order valence-electron chi connectivity index (χ4n) is 5.81. The first-order chi connectivity index (χ1) is 17.4. The van der Waals surface area contributed by atoms with Crippen molar-refractivity contribution in [2.75, 3.05) is 7.11 Å². The molecule has 200 valence electrons. The third kappa shape index (κ3) is 5.76. The van der Waals surface area contributed by atoms with Crippen molar-refractivity contribution in [2.45, 2.75) is 70.4 Å². The van der Waals surface area contributed by atoms with Crippen molar-refractivity contribution >= 4 is 11.9 Å². The van der Waals surface area contributed by atoms with Gasteiger partial charge in [-0.2, -0.15) is 13.2 Å². The number of carboxylic acids is 1. The zero-order chi connectivity index (χ0) is 27.0. The maximum absolute atomic E-state index is 13.8. The molecule has 0 bridgehead atoms. The maximum Gasteiger partial charge on any atom is 0.416 e. The Bertz CT molecular complexity index is 1140. The number of halogens is 3. The van der Waals surface area contributed by atoms with Crippen LogP contribution in [0.3, 0.4) is 0 Å². The molecule has 1 saturated carbocycles. The summed E-state index contributed by atoms with van der Waals surface area (Å²) < 4.78 is 45.3. The summed E-state index contributed by atoms with van der Waals surface area (Å²) in [6.45, 7) is 4.24. The number of likely N-dealkylation sites (tertiary alicyclic amines) is 1. The van der Waals surface area contributed by atoms with E-state index >= 15 is 0 Å². The van der Waals surface area contributed by atoms with Gasteiger partial charge in [-0.25, -0.2) is 4.79 Å². The number of aliphatic carboxylic acids is 1. The second-order valence-corrected chi connectivity index (χ2v) is 10.8. The molecule has 2 aliphatic rings. The van der Waals surface area contributed by atoms with E-state index in [2.05, 4.69) is 19.2 Å². The Kier molecular flexibility index (Phi) is 7.55. The van der Waals surface area contributed by atoms with Gasteiger partial charge in [0.1, 0.15) is 11.8 Å². The summed E-state index contributed by atoms with van der Waals surface area (Å²) in [6.07, 6.45) is -2.08. The Morgan fingerprint density at radius 1 is 1.16 bits per heavy atom.